The zero-order chi connectivity index (χ0) is 9.26. The van der Waals surface area contributed by atoms with Gasteiger partial charge in [0.2, 0.25) is 0 Å². The molecule has 0 radical (unpaired) electrons. The molecule has 0 amide bonds. The molecule has 0 aromatic heterocycles. The zero-order valence-electron chi connectivity index (χ0n) is 7.92. The normalized spacial score (nSPS) is 21.5. The van der Waals surface area contributed by atoms with Crippen LogP contribution in [0.3, 0.4) is 0 Å². The van der Waals surface area contributed by atoms with Gasteiger partial charge in [0, 0.05) is 11.6 Å². The Balaban J connectivity index is 2.47. The van der Waals surface area contributed by atoms with Crippen LogP contribution < -0.4 is 10.5 Å². The molecule has 0 bridgehead atoms. The number of para-hydroxylation sites is 1. The van der Waals surface area contributed by atoms with Gasteiger partial charge in [-0.05, 0) is 25.3 Å². The van der Waals surface area contributed by atoms with E-state index in [1.54, 1.807) is 0 Å². The molecule has 0 unspecified atom stereocenters. The lowest BCUT2D eigenvalue weighted by molar-refractivity contribution is 0.314. The standard InChI is InChI=1S/C11H15NO/c1-8-4-2-5-9-10(12)6-3-7-13-11(8)9/h2,4-5,10H,3,6-7,12H2,1H3/t10-/m0/s1. The Labute approximate surface area is 78.7 Å². The third kappa shape index (κ3) is 1.54. The molecule has 2 heteroatoms. The fourth-order valence-electron chi connectivity index (χ4n) is 1.80. The molecule has 1 aromatic rings. The van der Waals surface area contributed by atoms with Gasteiger partial charge in [-0.3, -0.25) is 0 Å². The summed E-state index contributed by atoms with van der Waals surface area (Å²) in [5.74, 6) is 1.01. The predicted octanol–water partition coefficient (Wildman–Crippen LogP) is 2.17. The minimum absolute atomic E-state index is 0.150. The van der Waals surface area contributed by atoms with Crippen LogP contribution in [0.1, 0.15) is 30.0 Å². The van der Waals surface area contributed by atoms with E-state index in [0.29, 0.717) is 0 Å². The molecule has 0 saturated carbocycles. The Morgan fingerprint density at radius 3 is 3.15 bits per heavy atom. The van der Waals surface area contributed by atoms with Crippen molar-refractivity contribution in [3.05, 3.63) is 29.3 Å². The molecular formula is C11H15NO. The van der Waals surface area contributed by atoms with Crippen molar-refractivity contribution in [1.82, 2.24) is 0 Å². The van der Waals surface area contributed by atoms with Gasteiger partial charge < -0.3 is 10.5 Å². The number of rotatable bonds is 0. The molecule has 2 nitrogen and oxygen atoms in total. The van der Waals surface area contributed by atoms with Crippen LogP contribution >= 0.6 is 0 Å². The first-order chi connectivity index (χ1) is 6.29. The largest absolute Gasteiger partial charge is 0.493 e. The highest BCUT2D eigenvalue weighted by Gasteiger charge is 2.16. The molecule has 1 atom stereocenters. The van der Waals surface area contributed by atoms with Crippen LogP contribution in [0.5, 0.6) is 5.75 Å². The van der Waals surface area contributed by atoms with Gasteiger partial charge in [-0.15, -0.1) is 0 Å². The summed E-state index contributed by atoms with van der Waals surface area (Å²) in [6.07, 6.45) is 2.08. The topological polar surface area (TPSA) is 35.2 Å². The molecule has 0 fully saturated rings. The lowest BCUT2D eigenvalue weighted by atomic mass is 10.0. The highest BCUT2D eigenvalue weighted by molar-refractivity contribution is 5.42. The van der Waals surface area contributed by atoms with Gasteiger partial charge in [0.15, 0.2) is 0 Å². The Morgan fingerprint density at radius 2 is 2.31 bits per heavy atom. The van der Waals surface area contributed by atoms with Crippen molar-refractivity contribution in [2.75, 3.05) is 6.61 Å². The van der Waals surface area contributed by atoms with Crippen LogP contribution in [0, 0.1) is 6.92 Å². The monoisotopic (exact) mass is 177 g/mol. The lowest BCUT2D eigenvalue weighted by Gasteiger charge is -2.13. The summed E-state index contributed by atoms with van der Waals surface area (Å²) in [5, 5.41) is 0. The predicted molar refractivity (Wildman–Crippen MR) is 52.8 cm³/mol. The molecule has 1 aliphatic heterocycles. The molecule has 70 valence electrons. The van der Waals surface area contributed by atoms with Gasteiger partial charge in [-0.25, -0.2) is 0 Å². The van der Waals surface area contributed by atoms with E-state index < -0.39 is 0 Å². The van der Waals surface area contributed by atoms with Crippen LogP contribution in [0.4, 0.5) is 0 Å². The van der Waals surface area contributed by atoms with Crippen molar-refractivity contribution >= 4 is 0 Å². The lowest BCUT2D eigenvalue weighted by Crippen LogP contribution is -2.09. The smallest absolute Gasteiger partial charge is 0.126 e. The molecule has 2 N–H and O–H groups in total. The Kier molecular flexibility index (Phi) is 2.23. The average Bonchev–Trinajstić information content (AvgIpc) is 2.30. The van der Waals surface area contributed by atoms with E-state index in [1.165, 1.54) is 5.56 Å². The summed E-state index contributed by atoms with van der Waals surface area (Å²) in [5.41, 5.74) is 8.39. The number of benzene rings is 1. The summed E-state index contributed by atoms with van der Waals surface area (Å²) in [4.78, 5) is 0. The minimum atomic E-state index is 0.150. The van der Waals surface area contributed by atoms with Crippen LogP contribution in [0.15, 0.2) is 18.2 Å². The van der Waals surface area contributed by atoms with E-state index in [9.17, 15) is 0 Å². The van der Waals surface area contributed by atoms with Crippen LogP contribution in [-0.4, -0.2) is 6.61 Å². The van der Waals surface area contributed by atoms with E-state index in [4.69, 9.17) is 10.5 Å². The van der Waals surface area contributed by atoms with Crippen LogP contribution in [-0.2, 0) is 0 Å². The maximum absolute atomic E-state index is 6.04. The minimum Gasteiger partial charge on any atom is -0.493 e. The third-order valence-corrected chi connectivity index (χ3v) is 2.55. The van der Waals surface area contributed by atoms with Crippen molar-refractivity contribution in [1.29, 1.82) is 0 Å². The van der Waals surface area contributed by atoms with E-state index >= 15 is 0 Å². The average molecular weight is 177 g/mol. The number of aryl methyl sites for hydroxylation is 1. The number of hydrogen-bond donors (Lipinski definition) is 1. The van der Waals surface area contributed by atoms with Crippen LogP contribution in [0.25, 0.3) is 0 Å². The molecule has 1 aliphatic rings. The fourth-order valence-corrected chi connectivity index (χ4v) is 1.80. The summed E-state index contributed by atoms with van der Waals surface area (Å²) in [6, 6.07) is 6.33. The summed E-state index contributed by atoms with van der Waals surface area (Å²) in [7, 11) is 0. The maximum atomic E-state index is 6.04. The van der Waals surface area contributed by atoms with E-state index in [-0.39, 0.29) is 6.04 Å². The van der Waals surface area contributed by atoms with Gasteiger partial charge in [-0.2, -0.15) is 0 Å². The van der Waals surface area contributed by atoms with E-state index in [1.807, 2.05) is 6.07 Å². The molecule has 2 rings (SSSR count). The summed E-state index contributed by atoms with van der Waals surface area (Å²) in [6.45, 7) is 2.86. The number of hydrogen-bond acceptors (Lipinski definition) is 2. The second kappa shape index (κ2) is 3.38. The number of fused-ring (bicyclic) bond motifs is 1. The first-order valence-electron chi connectivity index (χ1n) is 4.77. The first-order valence-corrected chi connectivity index (χ1v) is 4.77. The van der Waals surface area contributed by atoms with Crippen molar-refractivity contribution in [2.45, 2.75) is 25.8 Å². The van der Waals surface area contributed by atoms with Crippen molar-refractivity contribution in [2.24, 2.45) is 5.73 Å². The van der Waals surface area contributed by atoms with Crippen molar-refractivity contribution < 1.29 is 4.74 Å². The quantitative estimate of drug-likeness (QED) is 0.659. The zero-order valence-corrected chi connectivity index (χ0v) is 7.92. The Bertz CT molecular complexity index is 309. The molecule has 1 aromatic carbocycles. The molecular weight excluding hydrogens is 162 g/mol. The highest BCUT2D eigenvalue weighted by atomic mass is 16.5. The maximum Gasteiger partial charge on any atom is 0.126 e. The summed E-state index contributed by atoms with van der Waals surface area (Å²) >= 11 is 0. The highest BCUT2D eigenvalue weighted by Crippen LogP contribution is 2.32. The second-order valence-corrected chi connectivity index (χ2v) is 3.59. The molecule has 0 spiro atoms. The molecule has 0 saturated heterocycles. The van der Waals surface area contributed by atoms with E-state index in [2.05, 4.69) is 19.1 Å². The number of nitrogens with two attached hydrogens (primary N) is 1. The molecule has 13 heavy (non-hydrogen) atoms. The third-order valence-electron chi connectivity index (χ3n) is 2.55. The van der Waals surface area contributed by atoms with Gasteiger partial charge in [0.1, 0.15) is 5.75 Å². The van der Waals surface area contributed by atoms with E-state index in [0.717, 1.165) is 30.8 Å². The van der Waals surface area contributed by atoms with Gasteiger partial charge in [0.25, 0.3) is 0 Å². The van der Waals surface area contributed by atoms with Gasteiger partial charge in [-0.1, -0.05) is 18.2 Å². The van der Waals surface area contributed by atoms with Crippen LogP contribution in [0.2, 0.25) is 0 Å². The Hall–Kier alpha value is -1.02. The van der Waals surface area contributed by atoms with Crippen molar-refractivity contribution in [3.63, 3.8) is 0 Å². The first kappa shape index (κ1) is 8.57. The Morgan fingerprint density at radius 1 is 1.46 bits per heavy atom. The van der Waals surface area contributed by atoms with Gasteiger partial charge >= 0.3 is 0 Å². The molecule has 0 aliphatic carbocycles. The van der Waals surface area contributed by atoms with Crippen molar-refractivity contribution in [3.8, 4) is 5.75 Å². The summed E-state index contributed by atoms with van der Waals surface area (Å²) < 4.78 is 5.67. The fraction of sp³-hybridized carbons (Fsp3) is 0.455. The second-order valence-electron chi connectivity index (χ2n) is 3.59. The SMILES string of the molecule is Cc1cccc2c1OCCC[C@@H]2N. The molecule has 1 heterocycles. The number of ether oxygens (including phenoxy) is 1. The van der Waals surface area contributed by atoms with Gasteiger partial charge in [0.05, 0.1) is 6.61 Å².